The number of amides is 3. The minimum Gasteiger partial charge on any atom is -0.444 e. The molecule has 0 aliphatic carbocycles. The monoisotopic (exact) mass is 597 g/mol. The molecule has 234 valence electrons. The number of rotatable bonds is 11. The van der Waals surface area contributed by atoms with E-state index in [4.69, 9.17) is 9.47 Å². The number of nitrogens with one attached hydrogen (secondary N) is 2. The number of carbonyl (C=O) groups excluding carboxylic acids is 3. The number of alkyl halides is 3. The summed E-state index contributed by atoms with van der Waals surface area (Å²) in [5, 5.41) is 11.6. The highest BCUT2D eigenvalue weighted by Crippen LogP contribution is 2.30. The number of hydrogen-bond donors (Lipinski definition) is 2. The summed E-state index contributed by atoms with van der Waals surface area (Å²) in [5.41, 5.74) is 0.0720. The molecular weight excluding hydrogens is 555 g/mol. The van der Waals surface area contributed by atoms with E-state index < -0.39 is 35.4 Å². The van der Waals surface area contributed by atoms with Gasteiger partial charge in [-0.3, -0.25) is 9.80 Å². The summed E-state index contributed by atoms with van der Waals surface area (Å²) >= 11 is 0. The van der Waals surface area contributed by atoms with Gasteiger partial charge in [-0.25, -0.2) is 9.59 Å². The van der Waals surface area contributed by atoms with Crippen molar-refractivity contribution in [2.45, 2.75) is 71.7 Å². The molecule has 1 fully saturated rings. The summed E-state index contributed by atoms with van der Waals surface area (Å²) in [5.74, 6) is -0.320. The van der Waals surface area contributed by atoms with Crippen LogP contribution in [0.4, 0.5) is 22.8 Å². The number of nitrogens with zero attached hydrogens (tertiary/aromatic N) is 3. The number of unbranched alkanes of at least 4 members (excludes halogenated alkanes) is 1. The maximum atomic E-state index is 13.0. The average molecular weight is 598 g/mol. The number of urea groups is 1. The van der Waals surface area contributed by atoms with Crippen LogP contribution >= 0.6 is 0 Å². The van der Waals surface area contributed by atoms with Gasteiger partial charge in [0.05, 0.1) is 43.6 Å². The first-order valence-corrected chi connectivity index (χ1v) is 14.4. The minimum atomic E-state index is -4.41. The number of benzene rings is 1. The van der Waals surface area contributed by atoms with Crippen LogP contribution < -0.4 is 10.6 Å². The zero-order valence-electron chi connectivity index (χ0n) is 24.8. The molecule has 2 atom stereocenters. The quantitative estimate of drug-likeness (QED) is 0.391. The van der Waals surface area contributed by atoms with Crippen molar-refractivity contribution in [2.24, 2.45) is 10.5 Å². The molecule has 3 amide bonds. The van der Waals surface area contributed by atoms with Gasteiger partial charge in [0.15, 0.2) is 5.78 Å². The van der Waals surface area contributed by atoms with E-state index in [-0.39, 0.29) is 24.9 Å². The molecule has 13 heteroatoms. The fourth-order valence-electron chi connectivity index (χ4n) is 4.56. The minimum absolute atomic E-state index is 0.219. The van der Waals surface area contributed by atoms with Gasteiger partial charge in [0.2, 0.25) is 0 Å². The fraction of sp³-hybridized carbons (Fsp3) is 0.655. The van der Waals surface area contributed by atoms with Crippen LogP contribution in [0.5, 0.6) is 0 Å². The second-order valence-electron chi connectivity index (χ2n) is 11.6. The number of carbonyl (C=O) groups is 3. The summed E-state index contributed by atoms with van der Waals surface area (Å²) in [6.45, 7) is 10.1. The summed E-state index contributed by atoms with van der Waals surface area (Å²) in [6, 6.07) is 3.73. The molecule has 10 nitrogen and oxygen atoms in total. The van der Waals surface area contributed by atoms with E-state index >= 15 is 0 Å². The van der Waals surface area contributed by atoms with Gasteiger partial charge < -0.3 is 25.0 Å². The Morgan fingerprint density at radius 2 is 1.74 bits per heavy atom. The smallest absolute Gasteiger partial charge is 0.416 e. The number of hydrogen-bond acceptors (Lipinski definition) is 7. The summed E-state index contributed by atoms with van der Waals surface area (Å²) in [6.07, 6.45) is -3.28. The van der Waals surface area contributed by atoms with Crippen LogP contribution in [-0.4, -0.2) is 91.6 Å². The lowest BCUT2D eigenvalue weighted by Crippen LogP contribution is -2.51. The van der Waals surface area contributed by atoms with Crippen LogP contribution in [0.1, 0.15) is 64.5 Å². The molecule has 0 unspecified atom stereocenters. The third-order valence-electron chi connectivity index (χ3n) is 7.25. The highest BCUT2D eigenvalue weighted by Gasteiger charge is 2.34. The molecule has 2 aliphatic heterocycles. The Morgan fingerprint density at radius 3 is 2.33 bits per heavy atom. The molecule has 0 bridgehead atoms. The first-order valence-electron chi connectivity index (χ1n) is 14.4. The number of halogens is 3. The first kappa shape index (κ1) is 33.2. The maximum absolute atomic E-state index is 13.0. The van der Waals surface area contributed by atoms with E-state index in [1.807, 2.05) is 27.7 Å². The Kier molecular flexibility index (Phi) is 11.6. The van der Waals surface area contributed by atoms with Gasteiger partial charge >= 0.3 is 18.3 Å². The van der Waals surface area contributed by atoms with Gasteiger partial charge in [-0.15, -0.1) is 0 Å². The van der Waals surface area contributed by atoms with Crippen LogP contribution in [0, 0.1) is 5.41 Å². The average Bonchev–Trinajstić information content (AvgIpc) is 3.41. The summed E-state index contributed by atoms with van der Waals surface area (Å²) < 4.78 is 49.8. The predicted molar refractivity (Wildman–Crippen MR) is 151 cm³/mol. The molecule has 2 N–H and O–H groups in total. The number of Topliss-reactive ketones (excluding diaryl/α,β-unsaturated/α-hetero) is 1. The van der Waals surface area contributed by atoms with Crippen molar-refractivity contribution >= 4 is 23.6 Å². The molecule has 0 spiro atoms. The molecule has 0 radical (unpaired) electrons. The molecule has 0 aromatic heterocycles. The molecule has 1 saturated heterocycles. The Bertz CT molecular complexity index is 1100. The molecule has 0 saturated carbocycles. The normalized spacial score (nSPS) is 17.4. The van der Waals surface area contributed by atoms with E-state index in [0.29, 0.717) is 63.4 Å². The lowest BCUT2D eigenvalue weighted by molar-refractivity contribution is -0.137. The van der Waals surface area contributed by atoms with Gasteiger partial charge in [-0.2, -0.15) is 18.3 Å². The highest BCUT2D eigenvalue weighted by molar-refractivity contribution is 6.01. The van der Waals surface area contributed by atoms with Crippen molar-refractivity contribution in [3.63, 3.8) is 0 Å². The van der Waals surface area contributed by atoms with Crippen molar-refractivity contribution in [3.8, 4) is 0 Å². The number of ketones is 1. The number of alkyl carbamates (subject to hydrolysis) is 1. The summed E-state index contributed by atoms with van der Waals surface area (Å²) in [7, 11) is 0. The van der Waals surface area contributed by atoms with Gasteiger partial charge in [-0.05, 0) is 24.1 Å². The van der Waals surface area contributed by atoms with E-state index in [2.05, 4.69) is 15.7 Å². The second-order valence-corrected chi connectivity index (χ2v) is 11.6. The van der Waals surface area contributed by atoms with Crippen molar-refractivity contribution in [1.82, 2.24) is 20.5 Å². The zero-order valence-corrected chi connectivity index (χ0v) is 24.8. The van der Waals surface area contributed by atoms with Crippen LogP contribution in [0.3, 0.4) is 0 Å². The fourth-order valence-corrected chi connectivity index (χ4v) is 4.56. The van der Waals surface area contributed by atoms with E-state index in [0.717, 1.165) is 18.6 Å². The Hall–Kier alpha value is -3.35. The van der Waals surface area contributed by atoms with Crippen LogP contribution in [0.25, 0.3) is 0 Å². The topological polar surface area (TPSA) is 113 Å². The van der Waals surface area contributed by atoms with E-state index in [9.17, 15) is 27.6 Å². The maximum Gasteiger partial charge on any atom is 0.416 e. The summed E-state index contributed by atoms with van der Waals surface area (Å²) in [4.78, 5) is 39.9. The van der Waals surface area contributed by atoms with Crippen LogP contribution in [0.2, 0.25) is 0 Å². The lowest BCUT2D eigenvalue weighted by Gasteiger charge is -2.33. The van der Waals surface area contributed by atoms with Crippen LogP contribution in [-0.2, 0) is 20.4 Å². The number of ether oxygens (including phenoxy) is 2. The second kappa shape index (κ2) is 14.7. The predicted octanol–water partition coefficient (Wildman–Crippen LogP) is 4.43. The molecule has 42 heavy (non-hydrogen) atoms. The molecular formula is C29H42F3N5O5. The van der Waals surface area contributed by atoms with E-state index in [1.54, 1.807) is 9.91 Å². The molecule has 2 heterocycles. The molecule has 3 rings (SSSR count). The molecule has 2 aliphatic rings. The third-order valence-corrected chi connectivity index (χ3v) is 7.25. The lowest BCUT2D eigenvalue weighted by atomic mass is 9.89. The van der Waals surface area contributed by atoms with Gasteiger partial charge in [0, 0.05) is 31.5 Å². The van der Waals surface area contributed by atoms with Gasteiger partial charge in [0.1, 0.15) is 6.10 Å². The van der Waals surface area contributed by atoms with Crippen molar-refractivity contribution in [3.05, 3.63) is 35.4 Å². The van der Waals surface area contributed by atoms with Gasteiger partial charge in [-0.1, -0.05) is 52.7 Å². The first-order chi connectivity index (χ1) is 19.8. The molecule has 1 aromatic rings. The molecule has 1 aromatic carbocycles. The number of hydrazone groups is 1. The zero-order chi connectivity index (χ0) is 30.9. The third kappa shape index (κ3) is 9.88. The Labute approximate surface area is 245 Å². The van der Waals surface area contributed by atoms with Crippen molar-refractivity contribution in [2.75, 3.05) is 45.9 Å². The largest absolute Gasteiger partial charge is 0.444 e. The standard InChI is InChI=1S/C29H42F3N5O5/c1-5-6-7-23(24(38)18-33-26(39)36-14-16-41-17-15-36)34-27(40)42-25(28(2,3)4)19-37-13-12-22(35-37)20-8-10-21(11-9-20)29(30,31)32/h8-11,23,25H,5-7,12-19H2,1-4H3,(H,33,39)(H,34,40)/t23-,25+/m0/s1. The van der Waals surface area contributed by atoms with Crippen LogP contribution in [0.15, 0.2) is 29.4 Å². The van der Waals surface area contributed by atoms with E-state index in [1.165, 1.54) is 12.1 Å². The van der Waals surface area contributed by atoms with Crippen molar-refractivity contribution < 1.29 is 37.0 Å². The Balaban J connectivity index is 1.59. The Morgan fingerprint density at radius 1 is 1.07 bits per heavy atom. The van der Waals surface area contributed by atoms with Crippen molar-refractivity contribution in [1.29, 1.82) is 0 Å². The van der Waals surface area contributed by atoms with Gasteiger partial charge in [0.25, 0.3) is 0 Å². The SMILES string of the molecule is CCCC[C@H](NC(=O)O[C@H](CN1CCC(c2ccc(C(F)(F)F)cc2)=N1)C(C)(C)C)C(=O)CNC(=O)N1CCOCC1. The highest BCUT2D eigenvalue weighted by atomic mass is 19.4. The number of morpholine rings is 1.